The molecule has 5 nitrogen and oxygen atoms in total. The summed E-state index contributed by atoms with van der Waals surface area (Å²) in [7, 11) is 1.35. The molecule has 0 spiro atoms. The minimum absolute atomic E-state index is 0.457. The molecule has 1 aromatic heterocycles. The maximum absolute atomic E-state index is 11.3. The number of para-hydroxylation sites is 1. The molecule has 21 heavy (non-hydrogen) atoms. The summed E-state index contributed by atoms with van der Waals surface area (Å²) in [5.74, 6) is 0. The van der Waals surface area contributed by atoms with Gasteiger partial charge in [0.1, 0.15) is 0 Å². The van der Waals surface area contributed by atoms with Crippen molar-refractivity contribution in [2.45, 2.75) is 20.3 Å². The highest BCUT2D eigenvalue weighted by Crippen LogP contribution is 2.21. The molecule has 2 rings (SSSR count). The number of nitrogens with one attached hydrogen (secondary N) is 2. The number of aromatic nitrogens is 1. The van der Waals surface area contributed by atoms with Gasteiger partial charge in [-0.15, -0.1) is 11.3 Å². The third-order valence-electron chi connectivity index (χ3n) is 3.14. The van der Waals surface area contributed by atoms with Crippen molar-refractivity contribution in [3.8, 4) is 0 Å². The SMILES string of the molecule is COC(=O)Nc1ccccc1CCNc1nc(C)c(C)s1. The Bertz CT molecular complexity index is 606. The predicted molar refractivity (Wildman–Crippen MR) is 86.3 cm³/mol. The topological polar surface area (TPSA) is 63.2 Å². The number of carbonyl (C=O) groups excluding carboxylic acids is 1. The fraction of sp³-hybridized carbons (Fsp3) is 0.333. The van der Waals surface area contributed by atoms with E-state index in [0.717, 1.165) is 35.0 Å². The van der Waals surface area contributed by atoms with Crippen molar-refractivity contribution in [1.29, 1.82) is 0 Å². The van der Waals surface area contributed by atoms with Crippen LogP contribution >= 0.6 is 11.3 Å². The molecule has 1 aromatic carbocycles. The van der Waals surface area contributed by atoms with Gasteiger partial charge >= 0.3 is 6.09 Å². The number of amides is 1. The highest BCUT2D eigenvalue weighted by Gasteiger charge is 2.07. The Balaban J connectivity index is 1.95. The van der Waals surface area contributed by atoms with E-state index in [2.05, 4.69) is 27.3 Å². The molecular formula is C15H19N3O2S. The van der Waals surface area contributed by atoms with Crippen LogP contribution in [0.1, 0.15) is 16.1 Å². The molecule has 0 aliphatic carbocycles. The quantitative estimate of drug-likeness (QED) is 0.886. The second kappa shape index (κ2) is 7.08. The number of rotatable bonds is 5. The van der Waals surface area contributed by atoms with E-state index < -0.39 is 6.09 Å². The first-order valence-electron chi connectivity index (χ1n) is 6.71. The minimum atomic E-state index is -0.457. The molecule has 6 heteroatoms. The van der Waals surface area contributed by atoms with Crippen LogP contribution in [0.5, 0.6) is 0 Å². The van der Waals surface area contributed by atoms with Gasteiger partial charge in [-0.2, -0.15) is 0 Å². The van der Waals surface area contributed by atoms with Gasteiger partial charge in [-0.1, -0.05) is 18.2 Å². The van der Waals surface area contributed by atoms with Gasteiger partial charge in [0.2, 0.25) is 0 Å². The van der Waals surface area contributed by atoms with Crippen LogP contribution in [-0.4, -0.2) is 24.7 Å². The summed E-state index contributed by atoms with van der Waals surface area (Å²) in [6.07, 6.45) is 0.333. The van der Waals surface area contributed by atoms with E-state index in [1.165, 1.54) is 12.0 Å². The van der Waals surface area contributed by atoms with Crippen molar-refractivity contribution in [2.24, 2.45) is 0 Å². The number of benzene rings is 1. The lowest BCUT2D eigenvalue weighted by atomic mass is 10.1. The molecule has 2 aromatic rings. The number of nitrogens with zero attached hydrogens (tertiary/aromatic N) is 1. The lowest BCUT2D eigenvalue weighted by Gasteiger charge is -2.10. The Morgan fingerprint density at radius 2 is 2.10 bits per heavy atom. The van der Waals surface area contributed by atoms with Crippen molar-refractivity contribution in [3.63, 3.8) is 0 Å². The molecule has 0 aliphatic heterocycles. The third-order valence-corrected chi connectivity index (χ3v) is 4.17. The van der Waals surface area contributed by atoms with Gasteiger partial charge in [0.25, 0.3) is 0 Å². The summed E-state index contributed by atoms with van der Waals surface area (Å²) >= 11 is 1.66. The summed E-state index contributed by atoms with van der Waals surface area (Å²) < 4.78 is 4.62. The average molecular weight is 305 g/mol. The van der Waals surface area contributed by atoms with Gasteiger partial charge in [0, 0.05) is 17.1 Å². The predicted octanol–water partition coefficient (Wildman–Crippen LogP) is 3.59. The maximum Gasteiger partial charge on any atom is 0.411 e. The van der Waals surface area contributed by atoms with E-state index in [1.54, 1.807) is 11.3 Å². The van der Waals surface area contributed by atoms with Crippen LogP contribution in [0, 0.1) is 13.8 Å². The number of carbonyl (C=O) groups is 1. The molecule has 2 N–H and O–H groups in total. The van der Waals surface area contributed by atoms with E-state index in [-0.39, 0.29) is 0 Å². The number of hydrogen-bond acceptors (Lipinski definition) is 5. The highest BCUT2D eigenvalue weighted by molar-refractivity contribution is 7.15. The molecule has 112 valence electrons. The largest absolute Gasteiger partial charge is 0.453 e. The van der Waals surface area contributed by atoms with Crippen molar-refractivity contribution in [3.05, 3.63) is 40.4 Å². The van der Waals surface area contributed by atoms with E-state index in [1.807, 2.05) is 31.2 Å². The van der Waals surface area contributed by atoms with Crippen molar-refractivity contribution < 1.29 is 9.53 Å². The molecular weight excluding hydrogens is 286 g/mol. The molecule has 0 radical (unpaired) electrons. The lowest BCUT2D eigenvalue weighted by Crippen LogP contribution is -2.13. The van der Waals surface area contributed by atoms with Crippen molar-refractivity contribution in [1.82, 2.24) is 4.98 Å². The minimum Gasteiger partial charge on any atom is -0.453 e. The third kappa shape index (κ3) is 4.19. The molecule has 1 heterocycles. The van der Waals surface area contributed by atoms with Gasteiger partial charge in [0.15, 0.2) is 5.13 Å². The number of thiazole rings is 1. The average Bonchev–Trinajstić information content (AvgIpc) is 2.79. The standard InChI is InChI=1S/C15H19N3O2S/c1-10-11(2)21-14(17-10)16-9-8-12-6-4-5-7-13(12)18-15(19)20-3/h4-7H,8-9H2,1-3H3,(H,16,17)(H,18,19). The number of methoxy groups -OCH3 is 1. The zero-order chi connectivity index (χ0) is 15.2. The Morgan fingerprint density at radius 1 is 1.33 bits per heavy atom. The second-order valence-electron chi connectivity index (χ2n) is 4.61. The Hall–Kier alpha value is -2.08. The molecule has 1 amide bonds. The van der Waals surface area contributed by atoms with E-state index in [9.17, 15) is 4.79 Å². The maximum atomic E-state index is 11.3. The van der Waals surface area contributed by atoms with E-state index >= 15 is 0 Å². The second-order valence-corrected chi connectivity index (χ2v) is 5.81. The summed E-state index contributed by atoms with van der Waals surface area (Å²) in [4.78, 5) is 17.0. The number of aryl methyl sites for hydroxylation is 2. The van der Waals surface area contributed by atoms with Crippen molar-refractivity contribution in [2.75, 3.05) is 24.3 Å². The molecule has 0 aliphatic rings. The lowest BCUT2D eigenvalue weighted by molar-refractivity contribution is 0.187. The molecule has 0 atom stereocenters. The first kappa shape index (κ1) is 15.3. The van der Waals surface area contributed by atoms with Gasteiger partial charge in [0.05, 0.1) is 12.8 Å². The molecule has 0 saturated heterocycles. The van der Waals surface area contributed by atoms with Gasteiger partial charge in [-0.05, 0) is 31.9 Å². The highest BCUT2D eigenvalue weighted by atomic mass is 32.1. The van der Waals surface area contributed by atoms with Gasteiger partial charge in [-0.25, -0.2) is 9.78 Å². The van der Waals surface area contributed by atoms with E-state index in [0.29, 0.717) is 0 Å². The summed E-state index contributed by atoms with van der Waals surface area (Å²) in [6, 6.07) is 7.69. The first-order valence-corrected chi connectivity index (χ1v) is 7.52. The van der Waals surface area contributed by atoms with Crippen LogP contribution in [0.3, 0.4) is 0 Å². The van der Waals surface area contributed by atoms with Crippen LogP contribution in [-0.2, 0) is 11.2 Å². The van der Waals surface area contributed by atoms with Crippen LogP contribution in [0.2, 0.25) is 0 Å². The zero-order valence-corrected chi connectivity index (χ0v) is 13.2. The molecule has 0 unspecified atom stereocenters. The van der Waals surface area contributed by atoms with Crippen LogP contribution in [0.4, 0.5) is 15.6 Å². The fourth-order valence-corrected chi connectivity index (χ4v) is 2.71. The van der Waals surface area contributed by atoms with Crippen LogP contribution in [0.15, 0.2) is 24.3 Å². The summed E-state index contributed by atoms with van der Waals surface area (Å²) in [5, 5.41) is 6.97. The first-order chi connectivity index (χ1) is 10.1. The van der Waals surface area contributed by atoms with Crippen LogP contribution < -0.4 is 10.6 Å². The molecule has 0 saturated carbocycles. The Labute approximate surface area is 128 Å². The number of ether oxygens (including phenoxy) is 1. The smallest absolute Gasteiger partial charge is 0.411 e. The van der Waals surface area contributed by atoms with Gasteiger partial charge in [-0.3, -0.25) is 5.32 Å². The number of hydrogen-bond donors (Lipinski definition) is 2. The monoisotopic (exact) mass is 305 g/mol. The van der Waals surface area contributed by atoms with Crippen molar-refractivity contribution >= 4 is 28.2 Å². The van der Waals surface area contributed by atoms with E-state index in [4.69, 9.17) is 0 Å². The van der Waals surface area contributed by atoms with Gasteiger partial charge < -0.3 is 10.1 Å². The summed E-state index contributed by atoms with van der Waals surface area (Å²) in [5.41, 5.74) is 2.90. The zero-order valence-electron chi connectivity index (χ0n) is 12.4. The molecule has 0 fully saturated rings. The summed E-state index contributed by atoms with van der Waals surface area (Å²) in [6.45, 7) is 4.83. The number of anilines is 2. The normalized spacial score (nSPS) is 10.2. The van der Waals surface area contributed by atoms with Crippen LogP contribution in [0.25, 0.3) is 0 Å². The Kier molecular flexibility index (Phi) is 5.16. The fourth-order valence-electron chi connectivity index (χ4n) is 1.87. The molecule has 0 bridgehead atoms. The Morgan fingerprint density at radius 3 is 2.76 bits per heavy atom.